The zero-order valence-corrected chi connectivity index (χ0v) is 14.3. The van der Waals surface area contributed by atoms with Crippen molar-refractivity contribution in [2.75, 3.05) is 36.4 Å². The van der Waals surface area contributed by atoms with Crippen LogP contribution in [0.3, 0.4) is 0 Å². The Bertz CT molecular complexity index is 706. The van der Waals surface area contributed by atoms with Crippen LogP contribution in [0.25, 0.3) is 0 Å². The molecule has 0 aliphatic carbocycles. The van der Waals surface area contributed by atoms with Gasteiger partial charge >= 0.3 is 0 Å². The number of aryl methyl sites for hydroxylation is 2. The van der Waals surface area contributed by atoms with Gasteiger partial charge in [-0.2, -0.15) is 0 Å². The summed E-state index contributed by atoms with van der Waals surface area (Å²) in [7, 11) is 0. The van der Waals surface area contributed by atoms with Gasteiger partial charge in [0.05, 0.1) is 18.3 Å². The Balaban J connectivity index is 1.61. The number of hydrogen-bond donors (Lipinski definition) is 2. The van der Waals surface area contributed by atoms with Gasteiger partial charge in [0.2, 0.25) is 5.91 Å². The van der Waals surface area contributed by atoms with Crippen LogP contribution in [-0.4, -0.2) is 37.1 Å². The predicted octanol–water partition coefficient (Wildman–Crippen LogP) is 2.29. The highest BCUT2D eigenvalue weighted by Gasteiger charge is 2.11. The average molecular weight is 324 g/mol. The molecule has 1 aliphatic rings. The summed E-state index contributed by atoms with van der Waals surface area (Å²) in [6.07, 6.45) is 2.20. The molecule has 5 nitrogen and oxygen atoms in total. The van der Waals surface area contributed by atoms with Gasteiger partial charge in [0.25, 0.3) is 0 Å². The number of rotatable bonds is 4. The fraction of sp³-hybridized carbons (Fsp3) is 0.368. The number of piperazine rings is 1. The third-order valence-electron chi connectivity index (χ3n) is 4.35. The molecule has 3 rings (SSSR count). The third kappa shape index (κ3) is 4.11. The number of carbonyl (C=O) groups excluding carboxylic acids is 1. The van der Waals surface area contributed by atoms with Crippen LogP contribution in [0.2, 0.25) is 0 Å². The molecule has 2 aromatic rings. The number of anilines is 2. The lowest BCUT2D eigenvalue weighted by atomic mass is 10.0. The van der Waals surface area contributed by atoms with Crippen molar-refractivity contribution in [1.29, 1.82) is 0 Å². The molecule has 0 saturated carbocycles. The lowest BCUT2D eigenvalue weighted by molar-refractivity contribution is -0.115. The van der Waals surface area contributed by atoms with Gasteiger partial charge in [-0.05, 0) is 37.1 Å². The zero-order chi connectivity index (χ0) is 16.9. The van der Waals surface area contributed by atoms with Crippen molar-refractivity contribution in [3.8, 4) is 0 Å². The summed E-state index contributed by atoms with van der Waals surface area (Å²) in [5, 5.41) is 6.22. The van der Waals surface area contributed by atoms with Crippen LogP contribution in [0.1, 0.15) is 16.7 Å². The topological polar surface area (TPSA) is 57.3 Å². The van der Waals surface area contributed by atoms with Crippen LogP contribution < -0.4 is 15.5 Å². The number of hydrogen-bond acceptors (Lipinski definition) is 4. The minimum atomic E-state index is -0.0360. The summed E-state index contributed by atoms with van der Waals surface area (Å²) in [6.45, 7) is 8.03. The molecule has 1 aliphatic heterocycles. The second-order valence-electron chi connectivity index (χ2n) is 6.29. The summed E-state index contributed by atoms with van der Waals surface area (Å²) in [4.78, 5) is 18.9. The van der Waals surface area contributed by atoms with Gasteiger partial charge in [-0.25, -0.2) is 4.98 Å². The van der Waals surface area contributed by atoms with Crippen molar-refractivity contribution in [2.45, 2.75) is 20.3 Å². The molecule has 0 atom stereocenters. The summed E-state index contributed by atoms with van der Waals surface area (Å²) in [5.74, 6) is 0.565. The molecule has 1 aromatic carbocycles. The smallest absolute Gasteiger partial charge is 0.229 e. The van der Waals surface area contributed by atoms with E-state index in [0.29, 0.717) is 12.2 Å². The van der Waals surface area contributed by atoms with Crippen LogP contribution >= 0.6 is 0 Å². The molecule has 1 fully saturated rings. The molecule has 5 heteroatoms. The number of aromatic nitrogens is 1. The van der Waals surface area contributed by atoms with Crippen LogP contribution in [0.4, 0.5) is 11.5 Å². The molecule has 2 N–H and O–H groups in total. The predicted molar refractivity (Wildman–Crippen MR) is 97.6 cm³/mol. The maximum Gasteiger partial charge on any atom is 0.229 e. The van der Waals surface area contributed by atoms with E-state index in [2.05, 4.69) is 38.7 Å². The molecule has 126 valence electrons. The van der Waals surface area contributed by atoms with Crippen LogP contribution in [0.15, 0.2) is 36.5 Å². The summed E-state index contributed by atoms with van der Waals surface area (Å²) >= 11 is 0. The molecular weight excluding hydrogens is 300 g/mol. The van der Waals surface area contributed by atoms with Crippen molar-refractivity contribution < 1.29 is 4.79 Å². The Hall–Kier alpha value is -2.40. The Morgan fingerprint density at radius 3 is 2.71 bits per heavy atom. The van der Waals surface area contributed by atoms with E-state index < -0.39 is 0 Å². The minimum absolute atomic E-state index is 0.0360. The van der Waals surface area contributed by atoms with Gasteiger partial charge in [0, 0.05) is 26.2 Å². The standard InChI is InChI=1S/C19H24N4O/c1-14-3-4-15(2)16(11-14)12-19(24)22-18-6-5-17(13-21-18)23-9-7-20-8-10-23/h3-6,11,13,20H,7-10,12H2,1-2H3,(H,21,22,24). The highest BCUT2D eigenvalue weighted by Crippen LogP contribution is 2.16. The van der Waals surface area contributed by atoms with E-state index in [1.54, 1.807) is 0 Å². The Morgan fingerprint density at radius 1 is 1.21 bits per heavy atom. The molecule has 0 bridgehead atoms. The van der Waals surface area contributed by atoms with E-state index in [1.807, 2.05) is 32.2 Å². The highest BCUT2D eigenvalue weighted by atomic mass is 16.1. The van der Waals surface area contributed by atoms with Crippen molar-refractivity contribution in [3.63, 3.8) is 0 Å². The van der Waals surface area contributed by atoms with Crippen LogP contribution in [0.5, 0.6) is 0 Å². The minimum Gasteiger partial charge on any atom is -0.368 e. The summed E-state index contributed by atoms with van der Waals surface area (Å²) < 4.78 is 0. The van der Waals surface area contributed by atoms with Crippen LogP contribution in [-0.2, 0) is 11.2 Å². The van der Waals surface area contributed by atoms with E-state index in [0.717, 1.165) is 43.0 Å². The van der Waals surface area contributed by atoms with Gasteiger partial charge in [-0.15, -0.1) is 0 Å². The average Bonchev–Trinajstić information content (AvgIpc) is 2.59. The van der Waals surface area contributed by atoms with Gasteiger partial charge in [-0.3, -0.25) is 4.79 Å². The van der Waals surface area contributed by atoms with Gasteiger partial charge < -0.3 is 15.5 Å². The molecular formula is C19H24N4O. The number of amides is 1. The number of nitrogens with zero attached hydrogens (tertiary/aromatic N) is 2. The van der Waals surface area contributed by atoms with E-state index in [-0.39, 0.29) is 5.91 Å². The van der Waals surface area contributed by atoms with E-state index >= 15 is 0 Å². The zero-order valence-electron chi connectivity index (χ0n) is 14.3. The number of benzene rings is 1. The number of pyridine rings is 1. The number of nitrogens with one attached hydrogen (secondary N) is 2. The van der Waals surface area contributed by atoms with E-state index in [4.69, 9.17) is 0 Å². The second kappa shape index (κ2) is 7.45. The summed E-state index contributed by atoms with van der Waals surface area (Å²) in [6, 6.07) is 10.1. The second-order valence-corrected chi connectivity index (χ2v) is 6.29. The van der Waals surface area contributed by atoms with E-state index in [1.165, 1.54) is 5.56 Å². The van der Waals surface area contributed by atoms with Gasteiger partial charge in [-0.1, -0.05) is 23.8 Å². The molecule has 1 saturated heterocycles. The first-order chi connectivity index (χ1) is 11.6. The molecule has 0 unspecified atom stereocenters. The lowest BCUT2D eigenvalue weighted by Gasteiger charge is -2.29. The van der Waals surface area contributed by atoms with Gasteiger partial charge in [0.1, 0.15) is 5.82 Å². The quantitative estimate of drug-likeness (QED) is 0.906. The Kier molecular flexibility index (Phi) is 5.11. The first-order valence-corrected chi connectivity index (χ1v) is 8.39. The lowest BCUT2D eigenvalue weighted by Crippen LogP contribution is -2.43. The SMILES string of the molecule is Cc1ccc(C)c(CC(=O)Nc2ccc(N3CCNCC3)cn2)c1. The monoisotopic (exact) mass is 324 g/mol. The van der Waals surface area contributed by atoms with Crippen molar-refractivity contribution in [3.05, 3.63) is 53.2 Å². The summed E-state index contributed by atoms with van der Waals surface area (Å²) in [5.41, 5.74) is 4.47. The molecule has 1 amide bonds. The first-order valence-electron chi connectivity index (χ1n) is 8.39. The molecule has 24 heavy (non-hydrogen) atoms. The maximum absolute atomic E-state index is 12.3. The normalized spacial score (nSPS) is 14.5. The Labute approximate surface area is 143 Å². The fourth-order valence-electron chi connectivity index (χ4n) is 2.92. The van der Waals surface area contributed by atoms with Crippen molar-refractivity contribution >= 4 is 17.4 Å². The van der Waals surface area contributed by atoms with E-state index in [9.17, 15) is 4.79 Å². The fourth-order valence-corrected chi connectivity index (χ4v) is 2.92. The largest absolute Gasteiger partial charge is 0.368 e. The Morgan fingerprint density at radius 2 is 2.00 bits per heavy atom. The molecule has 1 aromatic heterocycles. The van der Waals surface area contributed by atoms with Crippen LogP contribution in [0, 0.1) is 13.8 Å². The highest BCUT2D eigenvalue weighted by molar-refractivity contribution is 5.91. The van der Waals surface area contributed by atoms with Crippen molar-refractivity contribution in [2.24, 2.45) is 0 Å². The van der Waals surface area contributed by atoms with Gasteiger partial charge in [0.15, 0.2) is 0 Å². The third-order valence-corrected chi connectivity index (χ3v) is 4.35. The van der Waals surface area contributed by atoms with Crippen molar-refractivity contribution in [1.82, 2.24) is 10.3 Å². The number of carbonyl (C=O) groups is 1. The molecule has 0 radical (unpaired) electrons. The first kappa shape index (κ1) is 16.5. The molecule has 0 spiro atoms. The molecule has 2 heterocycles. The maximum atomic E-state index is 12.3.